The third-order valence-corrected chi connectivity index (χ3v) is 3.21. The number of nitrogens with zero attached hydrogens (tertiary/aromatic N) is 2. The van der Waals surface area contributed by atoms with E-state index in [1.165, 1.54) is 5.56 Å². The first-order chi connectivity index (χ1) is 9.70. The van der Waals surface area contributed by atoms with E-state index in [2.05, 4.69) is 67.4 Å². The predicted molar refractivity (Wildman–Crippen MR) is 86.2 cm³/mol. The molecular weight excluding hydrogens is 246 g/mol. The minimum Gasteiger partial charge on any atom is -0.370 e. The summed E-state index contributed by atoms with van der Waals surface area (Å²) in [6.07, 6.45) is 0. The average molecular weight is 269 g/mol. The molecule has 20 heavy (non-hydrogen) atoms. The van der Waals surface area contributed by atoms with Crippen molar-refractivity contribution in [3.63, 3.8) is 0 Å². The van der Waals surface area contributed by atoms with Crippen LogP contribution in [0.2, 0.25) is 0 Å². The molecule has 1 aromatic heterocycles. The summed E-state index contributed by atoms with van der Waals surface area (Å²) in [5, 5.41) is 3.27. The van der Waals surface area contributed by atoms with Crippen molar-refractivity contribution in [3.8, 4) is 0 Å². The number of aromatic nitrogens is 1. The van der Waals surface area contributed by atoms with Gasteiger partial charge in [0.15, 0.2) is 0 Å². The van der Waals surface area contributed by atoms with Crippen LogP contribution in [0.3, 0.4) is 0 Å². The zero-order valence-corrected chi connectivity index (χ0v) is 12.5. The van der Waals surface area contributed by atoms with Crippen LogP contribution in [0.4, 0.5) is 11.6 Å². The summed E-state index contributed by atoms with van der Waals surface area (Å²) >= 11 is 0. The molecule has 0 aliphatic heterocycles. The fraction of sp³-hybridized carbons (Fsp3) is 0.353. The maximum absolute atomic E-state index is 4.70. The molecule has 1 aromatic carbocycles. The van der Waals surface area contributed by atoms with Crippen molar-refractivity contribution in [2.45, 2.75) is 33.4 Å². The van der Waals surface area contributed by atoms with Crippen molar-refractivity contribution in [1.82, 2.24) is 4.98 Å². The summed E-state index contributed by atoms with van der Waals surface area (Å²) in [6.45, 7) is 8.24. The molecule has 0 radical (unpaired) electrons. The van der Waals surface area contributed by atoms with Gasteiger partial charge in [0.2, 0.25) is 0 Å². The summed E-state index contributed by atoms with van der Waals surface area (Å²) in [5.41, 5.74) is 1.30. The van der Waals surface area contributed by atoms with Crippen molar-refractivity contribution in [2.75, 3.05) is 16.8 Å². The van der Waals surface area contributed by atoms with E-state index in [9.17, 15) is 0 Å². The van der Waals surface area contributed by atoms with E-state index in [0.717, 1.165) is 24.7 Å². The molecular formula is C17H23N3. The van der Waals surface area contributed by atoms with Crippen molar-refractivity contribution < 1.29 is 0 Å². The molecule has 2 rings (SSSR count). The maximum Gasteiger partial charge on any atom is 0.131 e. The summed E-state index contributed by atoms with van der Waals surface area (Å²) in [7, 11) is 0. The molecule has 1 N–H and O–H groups in total. The van der Waals surface area contributed by atoms with Crippen LogP contribution in [0.1, 0.15) is 26.3 Å². The van der Waals surface area contributed by atoms with Gasteiger partial charge in [-0.25, -0.2) is 4.98 Å². The zero-order valence-electron chi connectivity index (χ0n) is 12.5. The normalized spacial score (nSPS) is 10.6. The number of benzene rings is 1. The van der Waals surface area contributed by atoms with Gasteiger partial charge in [0.1, 0.15) is 11.6 Å². The van der Waals surface area contributed by atoms with E-state index in [1.807, 2.05) is 12.1 Å². The van der Waals surface area contributed by atoms with E-state index in [1.54, 1.807) is 0 Å². The number of anilines is 2. The first-order valence-corrected chi connectivity index (χ1v) is 7.22. The molecule has 0 amide bonds. The Labute approximate surface area is 121 Å². The SMILES string of the molecule is CCNc1cccc(N(Cc2ccccc2)C(C)C)n1. The lowest BCUT2D eigenvalue weighted by Crippen LogP contribution is -2.31. The molecule has 106 valence electrons. The molecule has 0 aliphatic rings. The summed E-state index contributed by atoms with van der Waals surface area (Å²) in [4.78, 5) is 7.01. The Hall–Kier alpha value is -2.03. The molecule has 0 aliphatic carbocycles. The van der Waals surface area contributed by atoms with E-state index in [-0.39, 0.29) is 0 Å². The third kappa shape index (κ3) is 3.73. The van der Waals surface area contributed by atoms with Crippen molar-refractivity contribution >= 4 is 11.6 Å². The van der Waals surface area contributed by atoms with E-state index in [4.69, 9.17) is 4.98 Å². The smallest absolute Gasteiger partial charge is 0.131 e. The van der Waals surface area contributed by atoms with Crippen LogP contribution in [0, 0.1) is 0 Å². The molecule has 0 bridgehead atoms. The lowest BCUT2D eigenvalue weighted by Gasteiger charge is -2.28. The van der Waals surface area contributed by atoms with Crippen molar-refractivity contribution in [3.05, 3.63) is 54.1 Å². The van der Waals surface area contributed by atoms with Gasteiger partial charge in [0.05, 0.1) is 0 Å². The van der Waals surface area contributed by atoms with Crippen LogP contribution < -0.4 is 10.2 Å². The fourth-order valence-corrected chi connectivity index (χ4v) is 2.17. The van der Waals surface area contributed by atoms with Crippen LogP contribution >= 0.6 is 0 Å². The first kappa shape index (κ1) is 14.4. The van der Waals surface area contributed by atoms with Crippen LogP contribution in [0.15, 0.2) is 48.5 Å². The van der Waals surface area contributed by atoms with E-state index in [0.29, 0.717) is 6.04 Å². The second-order valence-corrected chi connectivity index (χ2v) is 5.12. The van der Waals surface area contributed by atoms with Gasteiger partial charge in [-0.2, -0.15) is 0 Å². The first-order valence-electron chi connectivity index (χ1n) is 7.22. The molecule has 0 spiro atoms. The van der Waals surface area contributed by atoms with Gasteiger partial charge in [-0.15, -0.1) is 0 Å². The number of pyridine rings is 1. The third-order valence-electron chi connectivity index (χ3n) is 3.21. The summed E-state index contributed by atoms with van der Waals surface area (Å²) < 4.78 is 0. The van der Waals surface area contributed by atoms with Crippen LogP contribution in [-0.2, 0) is 6.54 Å². The number of hydrogen-bond donors (Lipinski definition) is 1. The lowest BCUT2D eigenvalue weighted by atomic mass is 10.2. The predicted octanol–water partition coefficient (Wildman–Crippen LogP) is 3.93. The zero-order chi connectivity index (χ0) is 14.4. The Balaban J connectivity index is 2.22. The minimum absolute atomic E-state index is 0.402. The number of nitrogens with one attached hydrogen (secondary N) is 1. The van der Waals surface area contributed by atoms with Crippen molar-refractivity contribution in [2.24, 2.45) is 0 Å². The lowest BCUT2D eigenvalue weighted by molar-refractivity contribution is 0.673. The second kappa shape index (κ2) is 6.94. The molecule has 0 saturated carbocycles. The number of rotatable bonds is 6. The van der Waals surface area contributed by atoms with E-state index < -0.39 is 0 Å². The highest BCUT2D eigenvalue weighted by atomic mass is 15.2. The molecule has 3 nitrogen and oxygen atoms in total. The Morgan fingerprint density at radius 1 is 1.05 bits per heavy atom. The summed E-state index contributed by atoms with van der Waals surface area (Å²) in [5.74, 6) is 1.95. The second-order valence-electron chi connectivity index (χ2n) is 5.12. The van der Waals surface area contributed by atoms with Gasteiger partial charge in [-0.05, 0) is 38.5 Å². The molecule has 1 heterocycles. The van der Waals surface area contributed by atoms with Gasteiger partial charge in [0, 0.05) is 19.1 Å². The fourth-order valence-electron chi connectivity index (χ4n) is 2.17. The van der Waals surface area contributed by atoms with Crippen LogP contribution in [0.5, 0.6) is 0 Å². The minimum atomic E-state index is 0.402. The molecule has 3 heteroatoms. The topological polar surface area (TPSA) is 28.2 Å². The Bertz CT molecular complexity index is 523. The van der Waals surface area contributed by atoms with Crippen LogP contribution in [-0.4, -0.2) is 17.6 Å². The van der Waals surface area contributed by atoms with Gasteiger partial charge in [0.25, 0.3) is 0 Å². The molecule has 0 fully saturated rings. The largest absolute Gasteiger partial charge is 0.370 e. The molecule has 0 atom stereocenters. The highest BCUT2D eigenvalue weighted by molar-refractivity contribution is 5.48. The molecule has 0 saturated heterocycles. The highest BCUT2D eigenvalue weighted by Gasteiger charge is 2.12. The molecule has 0 unspecified atom stereocenters. The summed E-state index contributed by atoms with van der Waals surface area (Å²) in [6, 6.07) is 17.1. The Kier molecular flexibility index (Phi) is 4.99. The van der Waals surface area contributed by atoms with E-state index >= 15 is 0 Å². The monoisotopic (exact) mass is 269 g/mol. The quantitative estimate of drug-likeness (QED) is 0.861. The Morgan fingerprint density at radius 3 is 2.45 bits per heavy atom. The van der Waals surface area contributed by atoms with Gasteiger partial charge < -0.3 is 10.2 Å². The van der Waals surface area contributed by atoms with Gasteiger partial charge in [-0.1, -0.05) is 36.4 Å². The van der Waals surface area contributed by atoms with Crippen molar-refractivity contribution in [1.29, 1.82) is 0 Å². The molecule has 2 aromatic rings. The van der Waals surface area contributed by atoms with Gasteiger partial charge >= 0.3 is 0 Å². The Morgan fingerprint density at radius 2 is 1.80 bits per heavy atom. The highest BCUT2D eigenvalue weighted by Crippen LogP contribution is 2.19. The van der Waals surface area contributed by atoms with Gasteiger partial charge in [-0.3, -0.25) is 0 Å². The maximum atomic E-state index is 4.70. The number of hydrogen-bond acceptors (Lipinski definition) is 3. The van der Waals surface area contributed by atoms with Crippen LogP contribution in [0.25, 0.3) is 0 Å². The average Bonchev–Trinajstić information content (AvgIpc) is 2.46. The standard InChI is InChI=1S/C17H23N3/c1-4-18-16-11-8-12-17(19-16)20(14(2)3)13-15-9-6-5-7-10-15/h5-12,14H,4,13H2,1-3H3,(H,18,19).